The SMILES string of the molecule is COCC1CN(c2ncnc3c(C)cccc23)CC(C)O1. The lowest BCUT2D eigenvalue weighted by Crippen LogP contribution is -2.48. The van der Waals surface area contributed by atoms with Crippen molar-refractivity contribution in [1.82, 2.24) is 9.97 Å². The predicted molar refractivity (Wildman–Crippen MR) is 82.7 cm³/mol. The van der Waals surface area contributed by atoms with E-state index in [0.29, 0.717) is 6.61 Å². The summed E-state index contributed by atoms with van der Waals surface area (Å²) in [5.74, 6) is 0.986. The van der Waals surface area contributed by atoms with Gasteiger partial charge in [0.2, 0.25) is 0 Å². The Hall–Kier alpha value is -1.72. The van der Waals surface area contributed by atoms with Crippen molar-refractivity contribution in [2.45, 2.75) is 26.1 Å². The molecule has 2 heterocycles. The number of benzene rings is 1. The van der Waals surface area contributed by atoms with Gasteiger partial charge in [-0.25, -0.2) is 9.97 Å². The highest BCUT2D eigenvalue weighted by Gasteiger charge is 2.27. The van der Waals surface area contributed by atoms with Crippen LogP contribution in [0.15, 0.2) is 24.5 Å². The van der Waals surface area contributed by atoms with E-state index >= 15 is 0 Å². The highest BCUT2D eigenvalue weighted by atomic mass is 16.5. The Labute approximate surface area is 124 Å². The van der Waals surface area contributed by atoms with Crippen LogP contribution >= 0.6 is 0 Å². The van der Waals surface area contributed by atoms with Crippen molar-refractivity contribution in [1.29, 1.82) is 0 Å². The van der Waals surface area contributed by atoms with Crippen molar-refractivity contribution in [3.8, 4) is 0 Å². The maximum atomic E-state index is 5.90. The summed E-state index contributed by atoms with van der Waals surface area (Å²) in [7, 11) is 1.70. The molecule has 0 radical (unpaired) electrons. The molecule has 112 valence electrons. The molecule has 1 aromatic heterocycles. The van der Waals surface area contributed by atoms with E-state index in [-0.39, 0.29) is 12.2 Å². The molecule has 0 saturated carbocycles. The molecule has 2 unspecified atom stereocenters. The molecule has 0 amide bonds. The van der Waals surface area contributed by atoms with Crippen LogP contribution in [0.2, 0.25) is 0 Å². The summed E-state index contributed by atoms with van der Waals surface area (Å²) in [6.45, 7) is 6.39. The van der Waals surface area contributed by atoms with Crippen LogP contribution in [0.4, 0.5) is 5.82 Å². The van der Waals surface area contributed by atoms with Crippen molar-refractivity contribution < 1.29 is 9.47 Å². The Morgan fingerprint density at radius 1 is 1.33 bits per heavy atom. The van der Waals surface area contributed by atoms with Crippen LogP contribution < -0.4 is 4.90 Å². The lowest BCUT2D eigenvalue weighted by Gasteiger charge is -2.37. The molecule has 21 heavy (non-hydrogen) atoms. The molecular weight excluding hydrogens is 266 g/mol. The Bertz CT molecular complexity index is 632. The Kier molecular flexibility index (Phi) is 4.03. The molecule has 2 atom stereocenters. The van der Waals surface area contributed by atoms with Crippen molar-refractivity contribution in [3.63, 3.8) is 0 Å². The minimum atomic E-state index is 0.0774. The largest absolute Gasteiger partial charge is 0.382 e. The quantitative estimate of drug-likeness (QED) is 0.866. The van der Waals surface area contributed by atoms with Crippen LogP contribution in [0.1, 0.15) is 12.5 Å². The molecule has 0 bridgehead atoms. The summed E-state index contributed by atoms with van der Waals surface area (Å²) in [6, 6.07) is 6.22. The lowest BCUT2D eigenvalue weighted by molar-refractivity contribution is -0.0512. The molecule has 1 fully saturated rings. The van der Waals surface area contributed by atoms with Gasteiger partial charge in [-0.15, -0.1) is 0 Å². The third-order valence-corrected chi connectivity index (χ3v) is 3.82. The van der Waals surface area contributed by atoms with Crippen LogP contribution in [0.3, 0.4) is 0 Å². The molecule has 1 aliphatic rings. The van der Waals surface area contributed by atoms with Gasteiger partial charge in [0.1, 0.15) is 12.1 Å². The lowest BCUT2D eigenvalue weighted by atomic mass is 10.1. The summed E-state index contributed by atoms with van der Waals surface area (Å²) in [6.07, 6.45) is 1.89. The Morgan fingerprint density at radius 3 is 3.00 bits per heavy atom. The highest BCUT2D eigenvalue weighted by Crippen LogP contribution is 2.27. The van der Waals surface area contributed by atoms with Crippen molar-refractivity contribution in [2.75, 3.05) is 31.7 Å². The third-order valence-electron chi connectivity index (χ3n) is 3.82. The first-order valence-electron chi connectivity index (χ1n) is 7.28. The van der Waals surface area contributed by atoms with E-state index in [2.05, 4.69) is 46.9 Å². The summed E-state index contributed by atoms with van der Waals surface area (Å²) >= 11 is 0. The summed E-state index contributed by atoms with van der Waals surface area (Å²) < 4.78 is 11.1. The number of hydrogen-bond donors (Lipinski definition) is 0. The maximum absolute atomic E-state index is 5.90. The fraction of sp³-hybridized carbons (Fsp3) is 0.500. The zero-order valence-electron chi connectivity index (χ0n) is 12.7. The average Bonchev–Trinajstić information content (AvgIpc) is 2.47. The topological polar surface area (TPSA) is 47.5 Å². The smallest absolute Gasteiger partial charge is 0.140 e. The van der Waals surface area contributed by atoms with Crippen LogP contribution in [0.25, 0.3) is 10.9 Å². The fourth-order valence-electron chi connectivity index (χ4n) is 2.97. The molecule has 5 heteroatoms. The number of methoxy groups -OCH3 is 1. The standard InChI is InChI=1S/C16H21N3O2/c1-11-5-4-6-14-15(11)17-10-18-16(14)19-7-12(2)21-13(8-19)9-20-3/h4-6,10,12-13H,7-9H2,1-3H3. The van der Waals surface area contributed by atoms with Gasteiger partial charge < -0.3 is 14.4 Å². The maximum Gasteiger partial charge on any atom is 0.140 e. The number of aryl methyl sites for hydroxylation is 1. The number of hydrogen-bond acceptors (Lipinski definition) is 5. The van der Waals surface area contributed by atoms with Crippen LogP contribution in [0, 0.1) is 6.92 Å². The second-order valence-corrected chi connectivity index (χ2v) is 5.60. The molecule has 1 aliphatic heterocycles. The van der Waals surface area contributed by atoms with E-state index in [0.717, 1.165) is 29.8 Å². The molecular formula is C16H21N3O2. The van der Waals surface area contributed by atoms with Gasteiger partial charge in [0.15, 0.2) is 0 Å². The van der Waals surface area contributed by atoms with Crippen molar-refractivity contribution in [2.24, 2.45) is 0 Å². The van der Waals surface area contributed by atoms with Crippen LogP contribution in [-0.4, -0.2) is 49.0 Å². The molecule has 1 saturated heterocycles. The van der Waals surface area contributed by atoms with Gasteiger partial charge in [-0.1, -0.05) is 12.1 Å². The minimum Gasteiger partial charge on any atom is -0.382 e. The molecule has 2 aromatic rings. The number of aromatic nitrogens is 2. The molecule has 0 N–H and O–H groups in total. The first kappa shape index (κ1) is 14.2. The van der Waals surface area contributed by atoms with Gasteiger partial charge in [-0.2, -0.15) is 0 Å². The zero-order valence-corrected chi connectivity index (χ0v) is 12.7. The van der Waals surface area contributed by atoms with Crippen molar-refractivity contribution >= 4 is 16.7 Å². The van der Waals surface area contributed by atoms with Crippen LogP contribution in [-0.2, 0) is 9.47 Å². The summed E-state index contributed by atoms with van der Waals surface area (Å²) in [5.41, 5.74) is 2.19. The van der Waals surface area contributed by atoms with Gasteiger partial charge in [-0.3, -0.25) is 0 Å². The summed E-state index contributed by atoms with van der Waals surface area (Å²) in [5, 5.41) is 1.10. The monoisotopic (exact) mass is 287 g/mol. The molecule has 0 spiro atoms. The molecule has 3 rings (SSSR count). The minimum absolute atomic E-state index is 0.0774. The van der Waals surface area contributed by atoms with Gasteiger partial charge in [0.25, 0.3) is 0 Å². The summed E-state index contributed by atoms with van der Waals surface area (Å²) in [4.78, 5) is 11.2. The first-order chi connectivity index (χ1) is 10.2. The van der Waals surface area contributed by atoms with Gasteiger partial charge in [0.05, 0.1) is 24.3 Å². The normalized spacial score (nSPS) is 22.7. The Balaban J connectivity index is 1.97. The molecule has 1 aromatic carbocycles. The van der Waals surface area contributed by atoms with E-state index in [1.807, 2.05) is 0 Å². The predicted octanol–water partition coefficient (Wildman–Crippen LogP) is 2.18. The number of morpholine rings is 1. The molecule has 5 nitrogen and oxygen atoms in total. The van der Waals surface area contributed by atoms with E-state index in [1.54, 1.807) is 13.4 Å². The number of rotatable bonds is 3. The van der Waals surface area contributed by atoms with E-state index < -0.39 is 0 Å². The number of ether oxygens (including phenoxy) is 2. The zero-order chi connectivity index (χ0) is 14.8. The second-order valence-electron chi connectivity index (χ2n) is 5.60. The number of fused-ring (bicyclic) bond motifs is 1. The number of nitrogens with zero attached hydrogens (tertiary/aromatic N) is 3. The fourth-order valence-corrected chi connectivity index (χ4v) is 2.97. The highest BCUT2D eigenvalue weighted by molar-refractivity contribution is 5.91. The van der Waals surface area contributed by atoms with E-state index in [9.17, 15) is 0 Å². The van der Waals surface area contributed by atoms with E-state index in [1.165, 1.54) is 5.56 Å². The van der Waals surface area contributed by atoms with Gasteiger partial charge in [-0.05, 0) is 25.5 Å². The first-order valence-corrected chi connectivity index (χ1v) is 7.28. The van der Waals surface area contributed by atoms with E-state index in [4.69, 9.17) is 9.47 Å². The molecule has 0 aliphatic carbocycles. The van der Waals surface area contributed by atoms with Crippen LogP contribution in [0.5, 0.6) is 0 Å². The number of anilines is 1. The van der Waals surface area contributed by atoms with Crippen molar-refractivity contribution in [3.05, 3.63) is 30.1 Å². The average molecular weight is 287 g/mol. The Morgan fingerprint density at radius 2 is 2.19 bits per heavy atom. The van der Waals surface area contributed by atoms with Gasteiger partial charge >= 0.3 is 0 Å². The van der Waals surface area contributed by atoms with Gasteiger partial charge in [0, 0.05) is 25.6 Å². The second kappa shape index (κ2) is 5.95. The number of para-hydroxylation sites is 1. The third kappa shape index (κ3) is 2.84.